The number of hydrogen-bond acceptors (Lipinski definition) is 5. The van der Waals surface area contributed by atoms with Crippen LogP contribution in [0.15, 0.2) is 18.5 Å². The second-order valence-corrected chi connectivity index (χ2v) is 5.52. The van der Waals surface area contributed by atoms with Crippen molar-refractivity contribution in [2.24, 2.45) is 11.8 Å². The highest BCUT2D eigenvalue weighted by molar-refractivity contribution is 5.99. The van der Waals surface area contributed by atoms with Crippen LogP contribution in [0.1, 0.15) is 30.6 Å². The molecule has 1 atom stereocenters. The third-order valence-electron chi connectivity index (χ3n) is 3.82. The molecule has 0 saturated carbocycles. The van der Waals surface area contributed by atoms with Gasteiger partial charge in [-0.25, -0.2) is 0 Å². The van der Waals surface area contributed by atoms with Crippen molar-refractivity contribution in [3.05, 3.63) is 24.0 Å². The Morgan fingerprint density at radius 1 is 1.60 bits per heavy atom. The van der Waals surface area contributed by atoms with E-state index in [0.29, 0.717) is 29.8 Å². The number of aromatic nitrogens is 1. The molecule has 6 nitrogen and oxygen atoms in total. The lowest BCUT2D eigenvalue weighted by atomic mass is 10.1. The summed E-state index contributed by atoms with van der Waals surface area (Å²) in [5, 5.41) is 2.99. The standard InChI is InChI=1S/C14H23N5O/c1-10(2)19-6-4-11(9-19)7-17-14(20)12-3-5-16-8-13(12)18-15/h3,5,8,10-11,18H,4,6-7,9,15H2,1-2H3,(H,17,20). The van der Waals surface area contributed by atoms with E-state index >= 15 is 0 Å². The lowest BCUT2D eigenvalue weighted by molar-refractivity contribution is 0.0948. The van der Waals surface area contributed by atoms with Gasteiger partial charge in [0.25, 0.3) is 5.91 Å². The molecule has 1 aromatic rings. The zero-order valence-electron chi connectivity index (χ0n) is 12.1. The monoisotopic (exact) mass is 277 g/mol. The Labute approximate surface area is 119 Å². The van der Waals surface area contributed by atoms with Crippen molar-refractivity contribution in [1.29, 1.82) is 0 Å². The Morgan fingerprint density at radius 2 is 2.40 bits per heavy atom. The number of nitrogens with zero attached hydrogens (tertiary/aromatic N) is 2. The Morgan fingerprint density at radius 3 is 3.05 bits per heavy atom. The number of rotatable bonds is 5. The Balaban J connectivity index is 1.87. The van der Waals surface area contributed by atoms with Crippen molar-refractivity contribution >= 4 is 11.6 Å². The fourth-order valence-corrected chi connectivity index (χ4v) is 2.54. The van der Waals surface area contributed by atoms with Gasteiger partial charge in [-0.1, -0.05) is 0 Å². The lowest BCUT2D eigenvalue weighted by Crippen LogP contribution is -2.33. The van der Waals surface area contributed by atoms with E-state index in [1.165, 1.54) is 0 Å². The van der Waals surface area contributed by atoms with Crippen molar-refractivity contribution in [3.63, 3.8) is 0 Å². The van der Waals surface area contributed by atoms with Crippen molar-refractivity contribution < 1.29 is 4.79 Å². The fourth-order valence-electron chi connectivity index (χ4n) is 2.54. The molecule has 110 valence electrons. The number of nitrogen functional groups attached to an aromatic ring is 1. The number of carbonyl (C=O) groups is 1. The Kier molecular flexibility index (Phi) is 4.92. The molecule has 4 N–H and O–H groups in total. The van der Waals surface area contributed by atoms with Gasteiger partial charge in [0.05, 0.1) is 17.4 Å². The van der Waals surface area contributed by atoms with Crippen molar-refractivity contribution in [1.82, 2.24) is 15.2 Å². The molecule has 20 heavy (non-hydrogen) atoms. The maximum atomic E-state index is 12.1. The maximum Gasteiger partial charge on any atom is 0.253 e. The first kappa shape index (κ1) is 14.7. The maximum absolute atomic E-state index is 12.1. The highest BCUT2D eigenvalue weighted by Crippen LogP contribution is 2.18. The summed E-state index contributed by atoms with van der Waals surface area (Å²) in [6.07, 6.45) is 4.27. The van der Waals surface area contributed by atoms with Crippen molar-refractivity contribution in [3.8, 4) is 0 Å². The van der Waals surface area contributed by atoms with Gasteiger partial charge in [-0.15, -0.1) is 0 Å². The number of anilines is 1. The molecule has 1 amide bonds. The predicted octanol–water partition coefficient (Wildman–Crippen LogP) is 0.827. The van der Waals surface area contributed by atoms with E-state index in [-0.39, 0.29) is 5.91 Å². The predicted molar refractivity (Wildman–Crippen MR) is 79.2 cm³/mol. The highest BCUT2D eigenvalue weighted by Gasteiger charge is 2.24. The van der Waals surface area contributed by atoms with Crippen LogP contribution in [-0.2, 0) is 0 Å². The number of carbonyl (C=O) groups excluding carboxylic acids is 1. The van der Waals surface area contributed by atoms with E-state index < -0.39 is 0 Å². The topological polar surface area (TPSA) is 83.3 Å². The van der Waals surface area contributed by atoms with Crippen LogP contribution in [0.3, 0.4) is 0 Å². The number of hydrogen-bond donors (Lipinski definition) is 3. The minimum atomic E-state index is -0.108. The summed E-state index contributed by atoms with van der Waals surface area (Å²) >= 11 is 0. The van der Waals surface area contributed by atoms with Crippen LogP contribution in [0, 0.1) is 5.92 Å². The van der Waals surface area contributed by atoms with Crippen molar-refractivity contribution in [2.75, 3.05) is 25.1 Å². The number of amides is 1. The summed E-state index contributed by atoms with van der Waals surface area (Å²) in [6.45, 7) is 7.28. The van der Waals surface area contributed by atoms with Gasteiger partial charge in [0.15, 0.2) is 0 Å². The Bertz CT molecular complexity index is 463. The number of nitrogens with one attached hydrogen (secondary N) is 2. The van der Waals surface area contributed by atoms with E-state index in [1.807, 2.05) is 0 Å². The molecule has 6 heteroatoms. The molecule has 1 aliphatic heterocycles. The molecule has 2 heterocycles. The summed E-state index contributed by atoms with van der Waals surface area (Å²) in [4.78, 5) is 18.5. The summed E-state index contributed by atoms with van der Waals surface area (Å²) in [5.41, 5.74) is 3.57. The van der Waals surface area contributed by atoms with Gasteiger partial charge in [-0.05, 0) is 38.8 Å². The zero-order valence-corrected chi connectivity index (χ0v) is 12.1. The SMILES string of the molecule is CC(C)N1CCC(CNC(=O)c2ccncc2NN)C1. The van der Waals surface area contributed by atoms with Gasteiger partial charge < -0.3 is 15.6 Å². The summed E-state index contributed by atoms with van der Waals surface area (Å²) in [6, 6.07) is 2.24. The number of hydrazine groups is 1. The normalized spacial score (nSPS) is 19.3. The van der Waals surface area contributed by atoms with Crippen LogP contribution in [-0.4, -0.2) is 41.5 Å². The van der Waals surface area contributed by atoms with Crippen LogP contribution in [0.5, 0.6) is 0 Å². The molecule has 0 spiro atoms. The number of pyridine rings is 1. The van der Waals surface area contributed by atoms with Crippen LogP contribution in [0.2, 0.25) is 0 Å². The number of likely N-dealkylation sites (tertiary alicyclic amines) is 1. The molecule has 1 aliphatic rings. The second-order valence-electron chi connectivity index (χ2n) is 5.52. The van der Waals surface area contributed by atoms with E-state index in [2.05, 4.69) is 34.5 Å². The largest absolute Gasteiger partial charge is 0.352 e. The average Bonchev–Trinajstić information content (AvgIpc) is 2.94. The molecule has 0 radical (unpaired) electrons. The molecule has 1 unspecified atom stereocenters. The van der Waals surface area contributed by atoms with Crippen LogP contribution >= 0.6 is 0 Å². The van der Waals surface area contributed by atoms with E-state index in [1.54, 1.807) is 18.5 Å². The molecule has 0 aromatic carbocycles. The smallest absolute Gasteiger partial charge is 0.253 e. The minimum Gasteiger partial charge on any atom is -0.352 e. The summed E-state index contributed by atoms with van der Waals surface area (Å²) < 4.78 is 0. The minimum absolute atomic E-state index is 0.108. The van der Waals surface area contributed by atoms with Gasteiger partial charge in [-0.2, -0.15) is 0 Å². The first-order valence-electron chi connectivity index (χ1n) is 7.04. The quantitative estimate of drug-likeness (QED) is 0.548. The Hall–Kier alpha value is -1.66. The molecular formula is C14H23N5O. The zero-order chi connectivity index (χ0) is 14.5. The molecule has 0 bridgehead atoms. The summed E-state index contributed by atoms with van der Waals surface area (Å²) in [5.74, 6) is 5.80. The van der Waals surface area contributed by atoms with Gasteiger partial charge >= 0.3 is 0 Å². The highest BCUT2D eigenvalue weighted by atomic mass is 16.1. The van der Waals surface area contributed by atoms with E-state index in [9.17, 15) is 4.79 Å². The first-order chi connectivity index (χ1) is 9.61. The van der Waals surface area contributed by atoms with E-state index in [0.717, 1.165) is 19.5 Å². The second kappa shape index (κ2) is 6.67. The lowest BCUT2D eigenvalue weighted by Gasteiger charge is -2.20. The van der Waals surface area contributed by atoms with Gasteiger partial charge in [-0.3, -0.25) is 15.6 Å². The third kappa shape index (κ3) is 3.46. The molecule has 2 rings (SSSR count). The van der Waals surface area contributed by atoms with Crippen molar-refractivity contribution in [2.45, 2.75) is 26.3 Å². The molecular weight excluding hydrogens is 254 g/mol. The van der Waals surface area contributed by atoms with Crippen LogP contribution in [0.4, 0.5) is 5.69 Å². The molecule has 1 aromatic heterocycles. The van der Waals surface area contributed by atoms with Gasteiger partial charge in [0, 0.05) is 25.3 Å². The third-order valence-corrected chi connectivity index (χ3v) is 3.82. The molecule has 1 saturated heterocycles. The van der Waals surface area contributed by atoms with Crippen LogP contribution < -0.4 is 16.6 Å². The average molecular weight is 277 g/mol. The molecule has 1 fully saturated rings. The first-order valence-corrected chi connectivity index (χ1v) is 7.04. The summed E-state index contributed by atoms with van der Waals surface area (Å²) in [7, 11) is 0. The fraction of sp³-hybridized carbons (Fsp3) is 0.571. The van der Waals surface area contributed by atoms with Gasteiger partial charge in [0.2, 0.25) is 0 Å². The van der Waals surface area contributed by atoms with E-state index in [4.69, 9.17) is 5.84 Å². The molecule has 0 aliphatic carbocycles. The van der Waals surface area contributed by atoms with Gasteiger partial charge in [0.1, 0.15) is 0 Å². The number of nitrogens with two attached hydrogens (primary N) is 1. The van der Waals surface area contributed by atoms with Crippen LogP contribution in [0.25, 0.3) is 0 Å².